The summed E-state index contributed by atoms with van der Waals surface area (Å²) in [5.74, 6) is 0. The first kappa shape index (κ1) is 31.7. The van der Waals surface area contributed by atoms with Crippen LogP contribution in [0.3, 0.4) is 0 Å². The molecule has 0 saturated heterocycles. The Morgan fingerprint density at radius 2 is 1.07 bits per heavy atom. The third kappa shape index (κ3) is 5.45. The van der Waals surface area contributed by atoms with Gasteiger partial charge in [0.1, 0.15) is 0 Å². The molecule has 0 radical (unpaired) electrons. The second kappa shape index (κ2) is 13.0. The first-order valence-corrected chi connectivity index (χ1v) is 19.7. The van der Waals surface area contributed by atoms with Gasteiger partial charge in [-0.1, -0.05) is 146 Å². The predicted molar refractivity (Wildman–Crippen MR) is 234 cm³/mol. The molecular weight excluding hydrogens is 687 g/mol. The summed E-state index contributed by atoms with van der Waals surface area (Å²) >= 11 is 1.88. The highest BCUT2D eigenvalue weighted by molar-refractivity contribution is 7.26. The van der Waals surface area contributed by atoms with Crippen LogP contribution in [0.15, 0.2) is 176 Å². The molecule has 0 saturated carbocycles. The molecule has 1 aliphatic rings. The van der Waals surface area contributed by atoms with Crippen molar-refractivity contribution in [1.29, 1.82) is 0 Å². The van der Waals surface area contributed by atoms with E-state index in [1.165, 1.54) is 47.5 Å². The van der Waals surface area contributed by atoms with E-state index in [9.17, 15) is 0 Å². The van der Waals surface area contributed by atoms with Gasteiger partial charge in [-0.3, -0.25) is 0 Å². The number of nitrogens with zero attached hydrogens (tertiary/aromatic N) is 3. The summed E-state index contributed by atoms with van der Waals surface area (Å²) in [6, 6.07) is 54.0. The standard InChI is InChI=1S/C51H33N3S/c1-2-12-33(13-3-1)43-29-25-35-23-24-36-26-30-44(53-50(36)49(35)52-43)34-14-5-4-11-32(21-22-34)37-15-10-16-38(31-37)48-42-28-27-40-39-17-7-9-20-46(39)55-51(40)47(42)41-18-6-8-19-45(41)54-48/h1-3,6-31H,4-5H2/b22-21?,32-11+,34-14?. The Morgan fingerprint density at radius 1 is 0.436 bits per heavy atom. The molecule has 0 N–H and O–H groups in total. The molecule has 11 rings (SSSR count). The van der Waals surface area contributed by atoms with Gasteiger partial charge in [0.05, 0.1) is 33.6 Å². The average Bonchev–Trinajstić information content (AvgIpc) is 3.62. The molecule has 4 heterocycles. The zero-order valence-electron chi connectivity index (χ0n) is 29.9. The third-order valence-corrected chi connectivity index (χ3v) is 12.1. The van der Waals surface area contributed by atoms with Crippen LogP contribution in [0.2, 0.25) is 0 Å². The molecule has 0 aliphatic heterocycles. The minimum absolute atomic E-state index is 0.927. The van der Waals surface area contributed by atoms with Gasteiger partial charge >= 0.3 is 0 Å². The number of rotatable bonds is 4. The number of aromatic nitrogens is 3. The Kier molecular flexibility index (Phi) is 7.49. The van der Waals surface area contributed by atoms with Crippen LogP contribution >= 0.6 is 11.3 Å². The molecular formula is C51H33N3S. The number of fused-ring (bicyclic) bond motifs is 10. The van der Waals surface area contributed by atoms with Gasteiger partial charge in [-0.05, 0) is 59.9 Å². The Morgan fingerprint density at radius 3 is 1.93 bits per heavy atom. The van der Waals surface area contributed by atoms with Crippen LogP contribution in [0.4, 0.5) is 0 Å². The van der Waals surface area contributed by atoms with Crippen molar-refractivity contribution in [2.45, 2.75) is 12.8 Å². The number of thiophene rings is 1. The van der Waals surface area contributed by atoms with Gasteiger partial charge in [0.15, 0.2) is 0 Å². The summed E-state index contributed by atoms with van der Waals surface area (Å²) in [5.41, 5.74) is 11.5. The highest BCUT2D eigenvalue weighted by Gasteiger charge is 2.17. The molecule has 10 aromatic rings. The number of allylic oxidation sites excluding steroid dienone is 6. The van der Waals surface area contributed by atoms with Gasteiger partial charge in [0.25, 0.3) is 0 Å². The van der Waals surface area contributed by atoms with Crippen molar-refractivity contribution in [1.82, 2.24) is 15.0 Å². The van der Waals surface area contributed by atoms with Crippen molar-refractivity contribution in [2.75, 3.05) is 0 Å². The summed E-state index contributed by atoms with van der Waals surface area (Å²) in [6.07, 6.45) is 11.0. The Balaban J connectivity index is 0.982. The van der Waals surface area contributed by atoms with Crippen LogP contribution in [0.5, 0.6) is 0 Å². The third-order valence-electron chi connectivity index (χ3n) is 10.9. The van der Waals surface area contributed by atoms with Gasteiger partial charge in [0.2, 0.25) is 0 Å². The molecule has 55 heavy (non-hydrogen) atoms. The summed E-state index contributed by atoms with van der Waals surface area (Å²) in [5, 5.41) is 8.46. The zero-order chi connectivity index (χ0) is 36.3. The molecule has 0 bridgehead atoms. The van der Waals surface area contributed by atoms with E-state index in [0.717, 1.165) is 73.9 Å². The lowest BCUT2D eigenvalue weighted by molar-refractivity contribution is 1.05. The van der Waals surface area contributed by atoms with Crippen molar-refractivity contribution >= 4 is 86.1 Å². The molecule has 0 spiro atoms. The fraction of sp³-hybridized carbons (Fsp3) is 0.0392. The van der Waals surface area contributed by atoms with Crippen LogP contribution < -0.4 is 0 Å². The fourth-order valence-corrected chi connectivity index (χ4v) is 9.44. The first-order valence-electron chi connectivity index (χ1n) is 18.8. The first-order chi connectivity index (χ1) is 27.2. The highest BCUT2D eigenvalue weighted by atomic mass is 32.1. The quantitative estimate of drug-likeness (QED) is 0.170. The van der Waals surface area contributed by atoms with Crippen molar-refractivity contribution in [2.24, 2.45) is 0 Å². The second-order valence-electron chi connectivity index (χ2n) is 14.2. The molecule has 0 atom stereocenters. The smallest absolute Gasteiger partial charge is 0.0972 e. The number of pyridine rings is 3. The van der Waals surface area contributed by atoms with Gasteiger partial charge in [0, 0.05) is 58.2 Å². The van der Waals surface area contributed by atoms with Gasteiger partial charge in [-0.2, -0.15) is 0 Å². The predicted octanol–water partition coefficient (Wildman–Crippen LogP) is 14.0. The molecule has 4 heteroatoms. The molecule has 6 aromatic carbocycles. The van der Waals surface area contributed by atoms with Crippen molar-refractivity contribution in [3.8, 4) is 22.5 Å². The van der Waals surface area contributed by atoms with Crippen LogP contribution in [0, 0.1) is 0 Å². The highest BCUT2D eigenvalue weighted by Crippen LogP contribution is 2.43. The maximum atomic E-state index is 5.32. The summed E-state index contributed by atoms with van der Waals surface area (Å²) < 4.78 is 2.63. The van der Waals surface area contributed by atoms with Crippen molar-refractivity contribution in [3.05, 3.63) is 187 Å². The summed E-state index contributed by atoms with van der Waals surface area (Å²) in [4.78, 5) is 15.7. The lowest BCUT2D eigenvalue weighted by Crippen LogP contribution is -1.94. The number of benzene rings is 6. The maximum Gasteiger partial charge on any atom is 0.0972 e. The lowest BCUT2D eigenvalue weighted by atomic mass is 9.94. The Bertz CT molecular complexity index is 3260. The Hall–Kier alpha value is -6.75. The number of hydrogen-bond acceptors (Lipinski definition) is 4. The van der Waals surface area contributed by atoms with Crippen molar-refractivity contribution < 1.29 is 0 Å². The largest absolute Gasteiger partial charge is 0.247 e. The fourth-order valence-electron chi connectivity index (χ4n) is 8.18. The van der Waals surface area contributed by atoms with E-state index < -0.39 is 0 Å². The molecule has 3 nitrogen and oxygen atoms in total. The second-order valence-corrected chi connectivity index (χ2v) is 15.3. The van der Waals surface area contributed by atoms with Crippen LogP contribution in [-0.4, -0.2) is 15.0 Å². The molecule has 0 unspecified atom stereocenters. The summed E-state index contributed by atoms with van der Waals surface area (Å²) in [6.45, 7) is 0. The lowest BCUT2D eigenvalue weighted by Gasteiger charge is -2.13. The average molecular weight is 720 g/mol. The Labute approximate surface area is 322 Å². The number of para-hydroxylation sites is 1. The number of hydrogen-bond donors (Lipinski definition) is 0. The molecule has 4 aromatic heterocycles. The minimum Gasteiger partial charge on any atom is -0.247 e. The van der Waals surface area contributed by atoms with Crippen LogP contribution in [-0.2, 0) is 0 Å². The van der Waals surface area contributed by atoms with E-state index >= 15 is 0 Å². The topological polar surface area (TPSA) is 38.7 Å². The van der Waals surface area contributed by atoms with E-state index in [0.29, 0.717) is 0 Å². The molecule has 0 amide bonds. The monoisotopic (exact) mass is 719 g/mol. The SMILES string of the molecule is C1=C/C(c2cccc(-c3nc4ccccc4c4c3ccc3c5ccccc5sc34)c2)=C\CCC=C1c1ccc2ccc3ccc(-c4ccccc4)nc3c2n1. The van der Waals surface area contributed by atoms with Gasteiger partial charge < -0.3 is 0 Å². The minimum atomic E-state index is 0.927. The van der Waals surface area contributed by atoms with E-state index in [2.05, 4.69) is 170 Å². The molecule has 0 fully saturated rings. The molecule has 258 valence electrons. The van der Waals surface area contributed by atoms with E-state index in [1.807, 2.05) is 17.4 Å². The normalized spacial score (nSPS) is 14.4. The maximum absolute atomic E-state index is 5.32. The summed E-state index contributed by atoms with van der Waals surface area (Å²) in [7, 11) is 0. The van der Waals surface area contributed by atoms with Gasteiger partial charge in [-0.15, -0.1) is 11.3 Å². The van der Waals surface area contributed by atoms with E-state index in [4.69, 9.17) is 15.0 Å². The van der Waals surface area contributed by atoms with E-state index in [-0.39, 0.29) is 0 Å². The molecule has 1 aliphatic carbocycles. The zero-order valence-corrected chi connectivity index (χ0v) is 30.7. The van der Waals surface area contributed by atoms with Crippen LogP contribution in [0.1, 0.15) is 24.1 Å². The van der Waals surface area contributed by atoms with Crippen molar-refractivity contribution in [3.63, 3.8) is 0 Å². The van der Waals surface area contributed by atoms with Gasteiger partial charge in [-0.25, -0.2) is 15.0 Å². The van der Waals surface area contributed by atoms with E-state index in [1.54, 1.807) is 0 Å². The van der Waals surface area contributed by atoms with Crippen LogP contribution in [0.25, 0.3) is 97.3 Å².